The van der Waals surface area contributed by atoms with Crippen LogP contribution in [-0.2, 0) is 0 Å². The van der Waals surface area contributed by atoms with E-state index in [1.54, 1.807) is 37.7 Å². The van der Waals surface area contributed by atoms with Crippen LogP contribution in [0.5, 0.6) is 0 Å². The van der Waals surface area contributed by atoms with E-state index in [0.717, 1.165) is 46.8 Å². The fourth-order valence-electron chi connectivity index (χ4n) is 10.5. The van der Waals surface area contributed by atoms with Crippen molar-refractivity contribution < 1.29 is 0 Å². The summed E-state index contributed by atoms with van der Waals surface area (Å²) in [6.07, 6.45) is 24.0. The van der Waals surface area contributed by atoms with Crippen LogP contribution in [0.2, 0.25) is 0 Å². The molecule has 258 valence electrons. The van der Waals surface area contributed by atoms with Crippen LogP contribution in [0.1, 0.15) is 171 Å². The highest BCUT2D eigenvalue weighted by molar-refractivity contribution is 5.42. The summed E-state index contributed by atoms with van der Waals surface area (Å²) in [7, 11) is 0. The summed E-state index contributed by atoms with van der Waals surface area (Å²) in [6, 6.07) is 6.03. The van der Waals surface area contributed by atoms with E-state index in [-0.39, 0.29) is 0 Å². The number of hydrogen-bond acceptors (Lipinski definition) is 1. The molecular weight excluding hydrogens is 544 g/mol. The van der Waals surface area contributed by atoms with Crippen LogP contribution in [0.3, 0.4) is 0 Å². The fourth-order valence-corrected chi connectivity index (χ4v) is 10.5. The summed E-state index contributed by atoms with van der Waals surface area (Å²) >= 11 is 0. The molecule has 2 aromatic rings. The number of aromatic nitrogens is 2. The normalized spacial score (nSPS) is 33.3. The van der Waals surface area contributed by atoms with Gasteiger partial charge < -0.3 is 4.40 Å². The maximum absolute atomic E-state index is 4.38. The van der Waals surface area contributed by atoms with Crippen LogP contribution in [0, 0.1) is 60.2 Å². The molecule has 0 aromatic carbocycles. The predicted molar refractivity (Wildman–Crippen MR) is 201 cm³/mol. The molecule has 6 rings (SSSR count). The summed E-state index contributed by atoms with van der Waals surface area (Å²) in [4.78, 5) is 4.38. The third-order valence-electron chi connectivity index (χ3n) is 12.7. The van der Waals surface area contributed by atoms with Gasteiger partial charge >= 0.3 is 0 Å². The van der Waals surface area contributed by atoms with Gasteiger partial charge in [0.05, 0.1) is 5.69 Å². The number of fused-ring (bicyclic) bond motifs is 6. The second kappa shape index (κ2) is 18.7. The lowest BCUT2D eigenvalue weighted by atomic mass is 9.47. The van der Waals surface area contributed by atoms with Gasteiger partial charge in [0.1, 0.15) is 5.65 Å². The van der Waals surface area contributed by atoms with Crippen LogP contribution in [0.4, 0.5) is 0 Å². The molecule has 4 aliphatic carbocycles. The standard InChI is InChI=1S/C28H48.C9H10N2.3C2H6/c1-6-9-16-27(4)17-14-22-21(19-27)10-11-24-23(22)15-18-28(5)25(12-13-26(24)28)20(7-2)8-3;1-7-8(2)11-6-4-3-5-9(11)10-7;3*1-2/h7,21-26H,6,8-19H2,1-5H3;3-6H,1-2H3;3*1-2H3/b20-7-;;;;/t21?,22?,23?,24?,25?,26?,27-,28?;;;;/m1..../s1. The first-order valence-electron chi connectivity index (χ1n) is 19.8. The van der Waals surface area contributed by atoms with Crippen molar-refractivity contribution in [2.24, 2.45) is 46.3 Å². The summed E-state index contributed by atoms with van der Waals surface area (Å²) < 4.78 is 2.09. The van der Waals surface area contributed by atoms with Crippen molar-refractivity contribution in [3.63, 3.8) is 0 Å². The van der Waals surface area contributed by atoms with E-state index < -0.39 is 0 Å². The summed E-state index contributed by atoms with van der Waals surface area (Å²) in [5.41, 5.74) is 6.44. The average molecular weight is 621 g/mol. The predicted octanol–water partition coefficient (Wildman–Crippen LogP) is 13.8. The van der Waals surface area contributed by atoms with Gasteiger partial charge in [-0.25, -0.2) is 4.98 Å². The quantitative estimate of drug-likeness (QED) is 0.304. The molecule has 0 saturated heterocycles. The minimum Gasteiger partial charge on any atom is -0.304 e. The Morgan fingerprint density at radius 3 is 2.18 bits per heavy atom. The number of aryl methyl sites for hydroxylation is 2. The van der Waals surface area contributed by atoms with Crippen molar-refractivity contribution in [1.82, 2.24) is 9.38 Å². The molecule has 4 aliphatic rings. The van der Waals surface area contributed by atoms with Crippen molar-refractivity contribution in [2.45, 2.75) is 173 Å². The molecule has 4 fully saturated rings. The van der Waals surface area contributed by atoms with E-state index in [1.165, 1.54) is 57.1 Å². The van der Waals surface area contributed by atoms with Crippen LogP contribution in [0.15, 0.2) is 36.0 Å². The van der Waals surface area contributed by atoms with Crippen LogP contribution >= 0.6 is 0 Å². The van der Waals surface area contributed by atoms with Gasteiger partial charge in [0.15, 0.2) is 0 Å². The smallest absolute Gasteiger partial charge is 0.137 e. The SMILES string of the molecule is C/C=C(/CC)C1CCC2C3CCC4C[C@](C)(CCCC)CCC4C3CCC12C.CC.CC.CC.Cc1nc2ccccn2c1C. The van der Waals surface area contributed by atoms with E-state index in [1.807, 2.05) is 72.9 Å². The largest absolute Gasteiger partial charge is 0.304 e. The van der Waals surface area contributed by atoms with E-state index in [9.17, 15) is 0 Å². The first-order chi connectivity index (χ1) is 21.7. The highest BCUT2D eigenvalue weighted by atomic mass is 15.0. The second-order valence-electron chi connectivity index (χ2n) is 14.7. The zero-order valence-electron chi connectivity index (χ0n) is 32.4. The molecule has 4 saturated carbocycles. The molecule has 2 heteroatoms. The maximum atomic E-state index is 4.38. The molecule has 0 amide bonds. The lowest BCUT2D eigenvalue weighted by molar-refractivity contribution is -0.0761. The van der Waals surface area contributed by atoms with Gasteiger partial charge in [-0.2, -0.15) is 0 Å². The summed E-state index contributed by atoms with van der Waals surface area (Å²) in [5, 5.41) is 0. The van der Waals surface area contributed by atoms with Gasteiger partial charge in [-0.15, -0.1) is 0 Å². The highest BCUT2D eigenvalue weighted by Gasteiger charge is 2.57. The third kappa shape index (κ3) is 8.67. The lowest BCUT2D eigenvalue weighted by Gasteiger charge is -2.57. The monoisotopic (exact) mass is 621 g/mol. The Hall–Kier alpha value is -1.57. The molecule has 8 atom stereocenters. The van der Waals surface area contributed by atoms with E-state index in [2.05, 4.69) is 57.0 Å². The third-order valence-corrected chi connectivity index (χ3v) is 12.7. The zero-order chi connectivity index (χ0) is 33.8. The van der Waals surface area contributed by atoms with Crippen molar-refractivity contribution in [3.8, 4) is 0 Å². The number of pyridine rings is 1. The van der Waals surface area contributed by atoms with Gasteiger partial charge in [0.25, 0.3) is 0 Å². The Balaban J connectivity index is 0.000000344. The van der Waals surface area contributed by atoms with Gasteiger partial charge in [-0.3, -0.25) is 0 Å². The van der Waals surface area contributed by atoms with Crippen LogP contribution in [-0.4, -0.2) is 9.38 Å². The molecule has 2 heterocycles. The topological polar surface area (TPSA) is 17.3 Å². The Kier molecular flexibility index (Phi) is 16.4. The molecule has 0 spiro atoms. The molecular formula is C43H76N2. The minimum absolute atomic E-state index is 0.621. The number of imidazole rings is 1. The molecule has 45 heavy (non-hydrogen) atoms. The highest BCUT2D eigenvalue weighted by Crippen LogP contribution is 2.66. The minimum atomic E-state index is 0.621. The fraction of sp³-hybridized carbons (Fsp3) is 0.791. The van der Waals surface area contributed by atoms with Gasteiger partial charge in [-0.1, -0.05) is 99.8 Å². The number of nitrogens with zero attached hydrogens (tertiary/aromatic N) is 2. The van der Waals surface area contributed by atoms with Gasteiger partial charge in [0, 0.05) is 11.9 Å². The Labute approximate surface area is 281 Å². The van der Waals surface area contributed by atoms with Crippen LogP contribution < -0.4 is 0 Å². The summed E-state index contributed by atoms with van der Waals surface area (Å²) in [5.74, 6) is 6.24. The van der Waals surface area contributed by atoms with E-state index in [0.29, 0.717) is 10.8 Å². The lowest BCUT2D eigenvalue weighted by Crippen LogP contribution is -2.49. The molecule has 0 N–H and O–H groups in total. The van der Waals surface area contributed by atoms with Crippen molar-refractivity contribution in [1.29, 1.82) is 0 Å². The van der Waals surface area contributed by atoms with Gasteiger partial charge in [0.2, 0.25) is 0 Å². The zero-order valence-corrected chi connectivity index (χ0v) is 32.4. The average Bonchev–Trinajstić information content (AvgIpc) is 3.58. The van der Waals surface area contributed by atoms with Crippen molar-refractivity contribution in [2.75, 3.05) is 0 Å². The van der Waals surface area contributed by atoms with E-state index >= 15 is 0 Å². The van der Waals surface area contributed by atoms with Crippen molar-refractivity contribution in [3.05, 3.63) is 47.4 Å². The first-order valence-corrected chi connectivity index (χ1v) is 19.8. The number of unbranched alkanes of at least 4 members (excludes halogenated alkanes) is 1. The molecule has 0 radical (unpaired) electrons. The Morgan fingerprint density at radius 2 is 1.56 bits per heavy atom. The molecule has 0 bridgehead atoms. The number of allylic oxidation sites excluding steroid dienone is 2. The van der Waals surface area contributed by atoms with Gasteiger partial charge in [-0.05, 0) is 150 Å². The van der Waals surface area contributed by atoms with Crippen LogP contribution in [0.25, 0.3) is 5.65 Å². The number of hydrogen-bond donors (Lipinski definition) is 0. The van der Waals surface area contributed by atoms with E-state index in [4.69, 9.17) is 0 Å². The molecule has 7 unspecified atom stereocenters. The Bertz CT molecular complexity index is 1140. The Morgan fingerprint density at radius 1 is 0.867 bits per heavy atom. The number of rotatable bonds is 5. The molecule has 2 aromatic heterocycles. The first kappa shape index (κ1) is 39.6. The molecule has 2 nitrogen and oxygen atoms in total. The second-order valence-corrected chi connectivity index (χ2v) is 14.7. The molecule has 0 aliphatic heterocycles. The van der Waals surface area contributed by atoms with Crippen molar-refractivity contribution >= 4 is 5.65 Å². The summed E-state index contributed by atoms with van der Waals surface area (Å²) in [6.45, 7) is 28.5. The maximum Gasteiger partial charge on any atom is 0.137 e.